The zero-order chi connectivity index (χ0) is 13.1. The Labute approximate surface area is 106 Å². The van der Waals surface area contributed by atoms with Crippen LogP contribution >= 0.6 is 0 Å². The molecule has 0 aliphatic heterocycles. The number of amides is 1. The van der Waals surface area contributed by atoms with Crippen LogP contribution in [-0.2, 0) is 4.79 Å². The second-order valence-corrected chi connectivity index (χ2v) is 5.79. The molecule has 1 rings (SSSR count). The van der Waals surface area contributed by atoms with E-state index in [0.29, 0.717) is 12.5 Å². The minimum absolute atomic E-state index is 0.0297. The molecule has 1 saturated carbocycles. The van der Waals surface area contributed by atoms with Crippen LogP contribution in [0.2, 0.25) is 0 Å². The zero-order valence-electron chi connectivity index (χ0n) is 11.8. The summed E-state index contributed by atoms with van der Waals surface area (Å²) in [5.74, 6) is 0.826. The van der Waals surface area contributed by atoms with Crippen molar-refractivity contribution < 1.29 is 4.79 Å². The Bertz CT molecular complexity index is 257. The fraction of sp³-hybridized carbons (Fsp3) is 0.929. The van der Waals surface area contributed by atoms with Crippen LogP contribution in [0.15, 0.2) is 0 Å². The summed E-state index contributed by atoms with van der Waals surface area (Å²) in [6, 6.07) is 0. The van der Waals surface area contributed by atoms with E-state index in [4.69, 9.17) is 5.73 Å². The molecule has 0 aromatic heterocycles. The van der Waals surface area contributed by atoms with Gasteiger partial charge in [0.1, 0.15) is 0 Å². The van der Waals surface area contributed by atoms with E-state index < -0.39 is 0 Å². The molecule has 1 aliphatic rings. The average molecular weight is 240 g/mol. The first-order valence-corrected chi connectivity index (χ1v) is 7.00. The molecule has 3 nitrogen and oxygen atoms in total. The highest BCUT2D eigenvalue weighted by molar-refractivity contribution is 5.84. The van der Waals surface area contributed by atoms with Gasteiger partial charge >= 0.3 is 0 Å². The molecule has 0 bridgehead atoms. The van der Waals surface area contributed by atoms with Gasteiger partial charge in [-0.2, -0.15) is 0 Å². The van der Waals surface area contributed by atoms with Crippen LogP contribution in [0.1, 0.15) is 59.8 Å². The number of nitrogens with one attached hydrogen (secondary N) is 1. The molecule has 0 spiro atoms. The van der Waals surface area contributed by atoms with Crippen molar-refractivity contribution in [3.63, 3.8) is 0 Å². The molecule has 0 aromatic rings. The lowest BCUT2D eigenvalue weighted by atomic mass is 9.61. The molecule has 1 aliphatic carbocycles. The van der Waals surface area contributed by atoms with Gasteiger partial charge in [-0.15, -0.1) is 0 Å². The standard InChI is InChI=1S/C14H28N2O/c1-5-14(6-2,7-3)16-12(17)13(10-15)8-11(4)9-13/h11H,5-10,15H2,1-4H3,(H,16,17). The quantitative estimate of drug-likeness (QED) is 0.749. The first-order valence-electron chi connectivity index (χ1n) is 7.00. The highest BCUT2D eigenvalue weighted by Crippen LogP contribution is 2.45. The number of carbonyl (C=O) groups excluding carboxylic acids is 1. The van der Waals surface area contributed by atoms with Gasteiger partial charge in [0.15, 0.2) is 0 Å². The average Bonchev–Trinajstić information content (AvgIpc) is 2.31. The molecule has 3 heteroatoms. The van der Waals surface area contributed by atoms with Gasteiger partial charge in [-0.25, -0.2) is 0 Å². The van der Waals surface area contributed by atoms with Crippen molar-refractivity contribution >= 4 is 5.91 Å². The Morgan fingerprint density at radius 2 is 1.76 bits per heavy atom. The summed E-state index contributed by atoms with van der Waals surface area (Å²) in [6.45, 7) is 9.10. The van der Waals surface area contributed by atoms with Crippen molar-refractivity contribution in [1.82, 2.24) is 5.32 Å². The van der Waals surface area contributed by atoms with Crippen molar-refractivity contribution in [1.29, 1.82) is 0 Å². The molecule has 0 heterocycles. The minimum atomic E-state index is -0.274. The summed E-state index contributed by atoms with van der Waals surface area (Å²) >= 11 is 0. The highest BCUT2D eigenvalue weighted by atomic mass is 16.2. The van der Waals surface area contributed by atoms with Gasteiger partial charge in [0.2, 0.25) is 5.91 Å². The van der Waals surface area contributed by atoms with E-state index in [1.807, 2.05) is 0 Å². The van der Waals surface area contributed by atoms with E-state index in [0.717, 1.165) is 32.1 Å². The number of rotatable bonds is 6. The second-order valence-electron chi connectivity index (χ2n) is 5.79. The van der Waals surface area contributed by atoms with E-state index in [1.54, 1.807) is 0 Å². The Morgan fingerprint density at radius 3 is 2.06 bits per heavy atom. The summed E-state index contributed by atoms with van der Waals surface area (Å²) in [5.41, 5.74) is 5.51. The molecular formula is C14H28N2O. The lowest BCUT2D eigenvalue weighted by Gasteiger charge is -2.46. The van der Waals surface area contributed by atoms with Crippen molar-refractivity contribution in [2.24, 2.45) is 17.1 Å². The third-order valence-corrected chi connectivity index (χ3v) is 4.76. The Balaban J connectivity index is 2.70. The van der Waals surface area contributed by atoms with Crippen molar-refractivity contribution in [3.05, 3.63) is 0 Å². The maximum absolute atomic E-state index is 12.4. The largest absolute Gasteiger partial charge is 0.350 e. The second kappa shape index (κ2) is 5.38. The highest BCUT2D eigenvalue weighted by Gasteiger charge is 2.48. The minimum Gasteiger partial charge on any atom is -0.350 e. The number of hydrogen-bond donors (Lipinski definition) is 2. The summed E-state index contributed by atoms with van der Waals surface area (Å²) in [5, 5.41) is 3.27. The Hall–Kier alpha value is -0.570. The molecule has 0 unspecified atom stereocenters. The molecule has 0 aromatic carbocycles. The third-order valence-electron chi connectivity index (χ3n) is 4.76. The maximum Gasteiger partial charge on any atom is 0.227 e. The smallest absolute Gasteiger partial charge is 0.227 e. The van der Waals surface area contributed by atoms with Gasteiger partial charge in [-0.3, -0.25) is 4.79 Å². The van der Waals surface area contributed by atoms with E-state index in [9.17, 15) is 4.79 Å². The normalized spacial score (nSPS) is 28.6. The lowest BCUT2D eigenvalue weighted by molar-refractivity contribution is -0.140. The number of hydrogen-bond acceptors (Lipinski definition) is 2. The van der Waals surface area contributed by atoms with Gasteiger partial charge < -0.3 is 11.1 Å². The Morgan fingerprint density at radius 1 is 1.29 bits per heavy atom. The van der Waals surface area contributed by atoms with Crippen LogP contribution < -0.4 is 11.1 Å². The third kappa shape index (κ3) is 2.65. The SMILES string of the molecule is CCC(CC)(CC)NC(=O)C1(CN)CC(C)C1. The molecule has 100 valence electrons. The van der Waals surface area contributed by atoms with Gasteiger partial charge in [0, 0.05) is 12.1 Å². The lowest BCUT2D eigenvalue weighted by Crippen LogP contribution is -2.59. The summed E-state index contributed by atoms with van der Waals surface area (Å²) < 4.78 is 0. The van der Waals surface area contributed by atoms with Gasteiger partial charge in [-0.1, -0.05) is 27.7 Å². The van der Waals surface area contributed by atoms with Gasteiger partial charge in [-0.05, 0) is 38.0 Å². The summed E-state index contributed by atoms with van der Waals surface area (Å²) in [6.07, 6.45) is 4.86. The van der Waals surface area contributed by atoms with Crippen LogP contribution in [-0.4, -0.2) is 18.0 Å². The first-order chi connectivity index (χ1) is 7.97. The summed E-state index contributed by atoms with van der Waals surface area (Å²) in [7, 11) is 0. The molecule has 0 saturated heterocycles. The fourth-order valence-electron chi connectivity index (χ4n) is 3.11. The first kappa shape index (κ1) is 14.5. The zero-order valence-corrected chi connectivity index (χ0v) is 11.8. The monoisotopic (exact) mass is 240 g/mol. The van der Waals surface area contributed by atoms with Crippen LogP contribution in [0.25, 0.3) is 0 Å². The van der Waals surface area contributed by atoms with Crippen LogP contribution in [0.5, 0.6) is 0 Å². The van der Waals surface area contributed by atoms with Crippen LogP contribution in [0.4, 0.5) is 0 Å². The molecule has 1 fully saturated rings. The van der Waals surface area contributed by atoms with E-state index in [1.165, 1.54) is 0 Å². The van der Waals surface area contributed by atoms with E-state index in [2.05, 4.69) is 33.0 Å². The maximum atomic E-state index is 12.4. The summed E-state index contributed by atoms with van der Waals surface area (Å²) in [4.78, 5) is 12.4. The Kier molecular flexibility index (Phi) is 4.59. The fourth-order valence-corrected chi connectivity index (χ4v) is 3.11. The topological polar surface area (TPSA) is 55.1 Å². The van der Waals surface area contributed by atoms with Crippen molar-refractivity contribution in [2.45, 2.75) is 65.3 Å². The number of carbonyl (C=O) groups is 1. The van der Waals surface area contributed by atoms with Gasteiger partial charge in [0.05, 0.1) is 5.41 Å². The molecular weight excluding hydrogens is 212 g/mol. The van der Waals surface area contributed by atoms with Crippen molar-refractivity contribution in [3.8, 4) is 0 Å². The van der Waals surface area contributed by atoms with Crippen LogP contribution in [0, 0.1) is 11.3 Å². The molecule has 3 N–H and O–H groups in total. The van der Waals surface area contributed by atoms with Gasteiger partial charge in [0.25, 0.3) is 0 Å². The van der Waals surface area contributed by atoms with Crippen molar-refractivity contribution in [2.75, 3.05) is 6.54 Å². The predicted octanol–water partition coefficient (Wildman–Crippen LogP) is 2.45. The number of nitrogens with two attached hydrogens (primary N) is 1. The molecule has 0 atom stereocenters. The molecule has 1 amide bonds. The molecule has 17 heavy (non-hydrogen) atoms. The van der Waals surface area contributed by atoms with E-state index >= 15 is 0 Å². The molecule has 0 radical (unpaired) electrons. The van der Waals surface area contributed by atoms with Crippen LogP contribution in [0.3, 0.4) is 0 Å². The predicted molar refractivity (Wildman–Crippen MR) is 71.6 cm³/mol. The van der Waals surface area contributed by atoms with E-state index in [-0.39, 0.29) is 16.9 Å².